The van der Waals surface area contributed by atoms with Gasteiger partial charge in [-0.3, -0.25) is 4.79 Å². The smallest absolute Gasteiger partial charge is 0.223 e. The van der Waals surface area contributed by atoms with Crippen molar-refractivity contribution >= 4 is 15.9 Å². The van der Waals surface area contributed by atoms with E-state index in [4.69, 9.17) is 0 Å². The van der Waals surface area contributed by atoms with Gasteiger partial charge in [0, 0.05) is 38.1 Å². The van der Waals surface area contributed by atoms with Gasteiger partial charge in [-0.05, 0) is 63.1 Å². The largest absolute Gasteiger partial charge is 0.356 e. The van der Waals surface area contributed by atoms with Crippen molar-refractivity contribution in [1.82, 2.24) is 14.5 Å². The summed E-state index contributed by atoms with van der Waals surface area (Å²) in [6, 6.07) is 8.32. The zero-order chi connectivity index (χ0) is 22.3. The molecule has 1 aromatic rings. The topological polar surface area (TPSA) is 69.7 Å². The van der Waals surface area contributed by atoms with Crippen LogP contribution >= 0.6 is 0 Å². The lowest BCUT2D eigenvalue weighted by molar-refractivity contribution is -0.126. The normalized spacial score (nSPS) is 21.8. The van der Waals surface area contributed by atoms with Gasteiger partial charge in [-0.1, -0.05) is 37.6 Å². The van der Waals surface area contributed by atoms with E-state index in [0.717, 1.165) is 24.1 Å². The van der Waals surface area contributed by atoms with E-state index in [-0.39, 0.29) is 17.6 Å². The van der Waals surface area contributed by atoms with Gasteiger partial charge in [-0.15, -0.1) is 0 Å². The maximum absolute atomic E-state index is 12.8. The molecule has 174 valence electrons. The third-order valence-electron chi connectivity index (χ3n) is 6.96. The summed E-state index contributed by atoms with van der Waals surface area (Å²) in [4.78, 5) is 15.1. The molecule has 0 radical (unpaired) electrons. The second-order valence-electron chi connectivity index (χ2n) is 9.09. The first-order valence-corrected chi connectivity index (χ1v) is 13.6. The van der Waals surface area contributed by atoms with Crippen molar-refractivity contribution in [2.24, 2.45) is 5.92 Å². The van der Waals surface area contributed by atoms with E-state index in [0.29, 0.717) is 38.5 Å². The number of hydrogen-bond acceptors (Lipinski definition) is 4. The van der Waals surface area contributed by atoms with Crippen LogP contribution in [0.25, 0.3) is 0 Å². The number of carbonyl (C=O) groups is 1. The Morgan fingerprint density at radius 3 is 2.55 bits per heavy atom. The lowest BCUT2D eigenvalue weighted by Gasteiger charge is -2.35. The minimum Gasteiger partial charge on any atom is -0.356 e. The Morgan fingerprint density at radius 1 is 1.10 bits per heavy atom. The summed E-state index contributed by atoms with van der Waals surface area (Å²) >= 11 is 0. The first-order chi connectivity index (χ1) is 14.9. The Hall–Kier alpha value is -1.44. The van der Waals surface area contributed by atoms with Crippen molar-refractivity contribution in [3.8, 4) is 0 Å². The van der Waals surface area contributed by atoms with E-state index >= 15 is 0 Å². The minimum absolute atomic E-state index is 0.0335. The first kappa shape index (κ1) is 24.2. The summed E-state index contributed by atoms with van der Waals surface area (Å²) in [6.45, 7) is 8.00. The minimum atomic E-state index is -3.35. The lowest BCUT2D eigenvalue weighted by Crippen LogP contribution is -2.44. The number of rotatable bonds is 9. The standard InChI is InChI=1S/C24H39N3O3S/c1-3-23-11-6-7-15-26(23)16-8-14-25-24(28)21-12-17-27(18-13-21)31(29,30)19-22-10-5-4-9-20(22)2/h4-5,9-10,21,23H,3,6-8,11-19H2,1-2H3,(H,25,28)/t23-/m1/s1. The Kier molecular flexibility index (Phi) is 8.93. The van der Waals surface area contributed by atoms with E-state index in [1.54, 1.807) is 4.31 Å². The molecule has 0 saturated carbocycles. The highest BCUT2D eigenvalue weighted by Crippen LogP contribution is 2.23. The second kappa shape index (κ2) is 11.4. The van der Waals surface area contributed by atoms with Crippen LogP contribution in [-0.4, -0.2) is 62.3 Å². The Morgan fingerprint density at radius 2 is 1.84 bits per heavy atom. The van der Waals surface area contributed by atoms with Crippen molar-refractivity contribution in [2.75, 3.05) is 32.7 Å². The van der Waals surface area contributed by atoms with Gasteiger partial charge < -0.3 is 10.2 Å². The average Bonchev–Trinajstić information content (AvgIpc) is 2.78. The monoisotopic (exact) mass is 449 g/mol. The summed E-state index contributed by atoms with van der Waals surface area (Å²) in [5, 5.41) is 3.09. The third-order valence-corrected chi connectivity index (χ3v) is 8.79. The number of hydrogen-bond donors (Lipinski definition) is 1. The Bertz CT molecular complexity index is 819. The van der Waals surface area contributed by atoms with Crippen molar-refractivity contribution in [2.45, 2.75) is 70.6 Å². The highest BCUT2D eigenvalue weighted by Gasteiger charge is 2.31. The fourth-order valence-electron chi connectivity index (χ4n) is 4.91. The summed E-state index contributed by atoms with van der Waals surface area (Å²) in [5.41, 5.74) is 1.84. The Balaban J connectivity index is 1.39. The van der Waals surface area contributed by atoms with Crippen molar-refractivity contribution in [3.63, 3.8) is 0 Å². The van der Waals surface area contributed by atoms with Crippen molar-refractivity contribution in [1.29, 1.82) is 0 Å². The highest BCUT2D eigenvalue weighted by atomic mass is 32.2. The molecule has 2 aliphatic heterocycles. The van der Waals surface area contributed by atoms with Crippen LogP contribution in [0, 0.1) is 12.8 Å². The summed E-state index contributed by atoms with van der Waals surface area (Å²) < 4.78 is 27.2. The van der Waals surface area contributed by atoms with Crippen molar-refractivity contribution in [3.05, 3.63) is 35.4 Å². The number of piperidine rings is 2. The van der Waals surface area contributed by atoms with Crippen LogP contribution in [0.1, 0.15) is 63.0 Å². The van der Waals surface area contributed by atoms with Gasteiger partial charge in [0.1, 0.15) is 0 Å². The second-order valence-corrected chi connectivity index (χ2v) is 11.1. The molecule has 1 amide bonds. The SMILES string of the molecule is CC[C@@H]1CCCCN1CCCNC(=O)C1CCN(S(=O)(=O)Cc2ccccc2C)CC1. The van der Waals surface area contributed by atoms with Crippen LogP contribution in [0.4, 0.5) is 0 Å². The molecule has 2 fully saturated rings. The molecule has 0 aromatic heterocycles. The zero-order valence-corrected chi connectivity index (χ0v) is 20.0. The van der Waals surface area contributed by atoms with Gasteiger partial charge in [-0.2, -0.15) is 0 Å². The molecule has 2 heterocycles. The van der Waals surface area contributed by atoms with Crippen LogP contribution in [0.15, 0.2) is 24.3 Å². The third kappa shape index (κ3) is 6.77. The fraction of sp³-hybridized carbons (Fsp3) is 0.708. The summed E-state index contributed by atoms with van der Waals surface area (Å²) in [6.07, 6.45) is 7.31. The zero-order valence-electron chi connectivity index (χ0n) is 19.2. The number of aryl methyl sites for hydroxylation is 1. The van der Waals surface area contributed by atoms with Gasteiger partial charge in [-0.25, -0.2) is 12.7 Å². The Labute approximate surface area is 188 Å². The van der Waals surface area contributed by atoms with E-state index in [1.807, 2.05) is 31.2 Å². The average molecular weight is 450 g/mol. The van der Waals surface area contributed by atoms with E-state index in [2.05, 4.69) is 17.1 Å². The molecule has 1 N–H and O–H groups in total. The molecular formula is C24H39N3O3S. The highest BCUT2D eigenvalue weighted by molar-refractivity contribution is 7.88. The molecule has 0 bridgehead atoms. The van der Waals surface area contributed by atoms with E-state index in [1.165, 1.54) is 32.2 Å². The molecule has 1 aromatic carbocycles. The predicted octanol–water partition coefficient (Wildman–Crippen LogP) is 3.31. The number of nitrogens with zero attached hydrogens (tertiary/aromatic N) is 2. The molecule has 1 atom stereocenters. The summed E-state index contributed by atoms with van der Waals surface area (Å²) in [5.74, 6) is 0.0381. The maximum Gasteiger partial charge on any atom is 0.223 e. The fourth-order valence-corrected chi connectivity index (χ4v) is 6.58. The van der Waals surface area contributed by atoms with Crippen LogP contribution in [-0.2, 0) is 20.6 Å². The number of benzene rings is 1. The summed E-state index contributed by atoms with van der Waals surface area (Å²) in [7, 11) is -3.35. The molecule has 3 rings (SSSR count). The van der Waals surface area contributed by atoms with Gasteiger partial charge >= 0.3 is 0 Å². The molecule has 0 spiro atoms. The molecule has 2 aliphatic rings. The van der Waals surface area contributed by atoms with Gasteiger partial charge in [0.2, 0.25) is 15.9 Å². The van der Waals surface area contributed by atoms with Crippen molar-refractivity contribution < 1.29 is 13.2 Å². The molecule has 31 heavy (non-hydrogen) atoms. The van der Waals surface area contributed by atoms with Gasteiger partial charge in [0.15, 0.2) is 0 Å². The van der Waals surface area contributed by atoms with Gasteiger partial charge in [0.05, 0.1) is 5.75 Å². The van der Waals surface area contributed by atoms with Gasteiger partial charge in [0.25, 0.3) is 0 Å². The number of sulfonamides is 1. The predicted molar refractivity (Wildman–Crippen MR) is 125 cm³/mol. The molecule has 0 aliphatic carbocycles. The number of amides is 1. The molecule has 7 heteroatoms. The number of nitrogens with one attached hydrogen (secondary N) is 1. The number of likely N-dealkylation sites (tertiary alicyclic amines) is 1. The van der Waals surface area contributed by atoms with E-state index < -0.39 is 10.0 Å². The quantitative estimate of drug-likeness (QED) is 0.587. The first-order valence-electron chi connectivity index (χ1n) is 11.9. The molecule has 0 unspecified atom stereocenters. The van der Waals surface area contributed by atoms with Crippen LogP contribution in [0.3, 0.4) is 0 Å². The van der Waals surface area contributed by atoms with Crippen LogP contribution in [0.5, 0.6) is 0 Å². The maximum atomic E-state index is 12.8. The van der Waals surface area contributed by atoms with Crippen LogP contribution in [0.2, 0.25) is 0 Å². The molecule has 2 saturated heterocycles. The lowest BCUT2D eigenvalue weighted by atomic mass is 9.97. The van der Waals surface area contributed by atoms with Crippen LogP contribution < -0.4 is 5.32 Å². The molecule has 6 nitrogen and oxygen atoms in total. The number of carbonyl (C=O) groups excluding carboxylic acids is 1. The van der Waals surface area contributed by atoms with E-state index in [9.17, 15) is 13.2 Å². The molecular weight excluding hydrogens is 410 g/mol.